The molecular weight excluding hydrogens is 356 g/mol. The second-order valence-electron chi connectivity index (χ2n) is 6.23. The number of ether oxygens (including phenoxy) is 2. The van der Waals surface area contributed by atoms with E-state index in [9.17, 15) is 4.79 Å². The van der Waals surface area contributed by atoms with E-state index in [4.69, 9.17) is 9.47 Å². The summed E-state index contributed by atoms with van der Waals surface area (Å²) in [6.07, 6.45) is 0. The fourth-order valence-corrected chi connectivity index (χ4v) is 2.68. The van der Waals surface area contributed by atoms with Crippen molar-refractivity contribution in [3.63, 3.8) is 0 Å². The highest BCUT2D eigenvalue weighted by Crippen LogP contribution is 2.24. The summed E-state index contributed by atoms with van der Waals surface area (Å²) in [7, 11) is 1.60. The van der Waals surface area contributed by atoms with Crippen LogP contribution in [0.1, 0.15) is 17.0 Å². The van der Waals surface area contributed by atoms with E-state index in [0.717, 1.165) is 11.3 Å². The van der Waals surface area contributed by atoms with Crippen LogP contribution in [-0.2, 0) is 0 Å². The van der Waals surface area contributed by atoms with Gasteiger partial charge in [-0.05, 0) is 56.7 Å². The largest absolute Gasteiger partial charge is 0.497 e. The maximum absolute atomic E-state index is 12.4. The molecule has 0 saturated heterocycles. The van der Waals surface area contributed by atoms with E-state index < -0.39 is 0 Å². The normalized spacial score (nSPS) is 10.3. The van der Waals surface area contributed by atoms with Crippen molar-refractivity contribution in [2.45, 2.75) is 20.8 Å². The number of amides is 2. The number of carbonyl (C=O) groups excluding carboxylic acids is 1. The molecule has 0 radical (unpaired) electrons. The third-order valence-electron chi connectivity index (χ3n) is 4.12. The number of hydrogen-bond donors (Lipinski definition) is 2. The molecule has 0 aliphatic heterocycles. The Morgan fingerprint density at radius 1 is 0.893 bits per heavy atom. The second-order valence-corrected chi connectivity index (χ2v) is 6.23. The zero-order valence-corrected chi connectivity index (χ0v) is 16.2. The van der Waals surface area contributed by atoms with E-state index in [-0.39, 0.29) is 12.0 Å². The van der Waals surface area contributed by atoms with Gasteiger partial charge in [0.25, 0.3) is 0 Å². The first-order valence-corrected chi connectivity index (χ1v) is 8.77. The number of aromatic nitrogens is 2. The lowest BCUT2D eigenvalue weighted by Gasteiger charge is -2.14. The molecule has 1 heterocycles. The number of aryl methyl sites for hydroxylation is 3. The summed E-state index contributed by atoms with van der Waals surface area (Å²) in [5.74, 6) is 1.38. The van der Waals surface area contributed by atoms with Gasteiger partial charge in [-0.2, -0.15) is 9.97 Å². The van der Waals surface area contributed by atoms with Crippen molar-refractivity contribution in [2.75, 3.05) is 17.7 Å². The number of para-hydroxylation sites is 1. The Bertz CT molecular complexity index is 967. The molecule has 0 fully saturated rings. The summed E-state index contributed by atoms with van der Waals surface area (Å²) in [5, 5.41) is 5.64. The minimum Gasteiger partial charge on any atom is -0.497 e. The second kappa shape index (κ2) is 8.39. The van der Waals surface area contributed by atoms with Gasteiger partial charge in [0, 0.05) is 5.69 Å². The van der Waals surface area contributed by atoms with E-state index >= 15 is 0 Å². The van der Waals surface area contributed by atoms with E-state index in [0.29, 0.717) is 28.5 Å². The first-order chi connectivity index (χ1) is 13.5. The first kappa shape index (κ1) is 19.2. The van der Waals surface area contributed by atoms with Crippen LogP contribution < -0.4 is 20.1 Å². The van der Waals surface area contributed by atoms with Crippen molar-refractivity contribution in [3.8, 4) is 17.5 Å². The lowest BCUT2D eigenvalue weighted by Crippen LogP contribution is -2.21. The average Bonchev–Trinajstić information content (AvgIpc) is 2.67. The molecule has 2 amide bonds. The average molecular weight is 378 g/mol. The summed E-state index contributed by atoms with van der Waals surface area (Å²) >= 11 is 0. The molecule has 0 spiro atoms. The number of nitrogens with one attached hydrogen (secondary N) is 2. The van der Waals surface area contributed by atoms with E-state index in [2.05, 4.69) is 20.6 Å². The maximum atomic E-state index is 12.4. The van der Waals surface area contributed by atoms with Gasteiger partial charge in [0.1, 0.15) is 11.5 Å². The summed E-state index contributed by atoms with van der Waals surface area (Å²) in [6.45, 7) is 5.48. The van der Waals surface area contributed by atoms with Crippen LogP contribution in [0.15, 0.2) is 48.5 Å². The Kier molecular flexibility index (Phi) is 5.74. The minimum absolute atomic E-state index is 0.234. The van der Waals surface area contributed by atoms with Crippen LogP contribution in [0, 0.1) is 20.8 Å². The summed E-state index contributed by atoms with van der Waals surface area (Å²) in [5.41, 5.74) is 3.36. The van der Waals surface area contributed by atoms with Crippen LogP contribution in [0.25, 0.3) is 0 Å². The lowest BCUT2D eigenvalue weighted by molar-refractivity contribution is 0.262. The number of methoxy groups -OCH3 is 1. The van der Waals surface area contributed by atoms with Crippen molar-refractivity contribution < 1.29 is 14.3 Å². The van der Waals surface area contributed by atoms with Crippen LogP contribution in [0.5, 0.6) is 17.5 Å². The molecule has 7 nitrogen and oxygen atoms in total. The molecule has 0 atom stereocenters. The van der Waals surface area contributed by atoms with Gasteiger partial charge in [-0.1, -0.05) is 18.2 Å². The number of urea groups is 1. The zero-order chi connectivity index (χ0) is 20.1. The Morgan fingerprint density at radius 2 is 1.57 bits per heavy atom. The molecule has 0 bridgehead atoms. The van der Waals surface area contributed by atoms with Crippen LogP contribution >= 0.6 is 0 Å². The summed E-state index contributed by atoms with van der Waals surface area (Å²) < 4.78 is 10.8. The number of nitrogens with zero attached hydrogens (tertiary/aromatic N) is 2. The molecule has 0 saturated carbocycles. The topological polar surface area (TPSA) is 85.4 Å². The van der Waals surface area contributed by atoms with Gasteiger partial charge >= 0.3 is 12.0 Å². The van der Waals surface area contributed by atoms with E-state index in [1.54, 1.807) is 33.1 Å². The zero-order valence-electron chi connectivity index (χ0n) is 16.2. The molecule has 2 aromatic carbocycles. The quantitative estimate of drug-likeness (QED) is 0.663. The Labute approximate surface area is 163 Å². The summed E-state index contributed by atoms with van der Waals surface area (Å²) in [6, 6.07) is 14.6. The predicted molar refractivity (Wildman–Crippen MR) is 108 cm³/mol. The fraction of sp³-hybridized carbons (Fsp3) is 0.190. The smallest absolute Gasteiger partial charge is 0.323 e. The molecule has 0 aliphatic carbocycles. The highest BCUT2D eigenvalue weighted by molar-refractivity contribution is 6.00. The molecule has 0 unspecified atom stereocenters. The highest BCUT2D eigenvalue weighted by Gasteiger charge is 2.14. The van der Waals surface area contributed by atoms with Gasteiger partial charge in [0.05, 0.1) is 24.2 Å². The SMILES string of the molecule is COc1ccc(NC(=O)Nc2c(C)nc(Oc3ccccc3)nc2C)c(C)c1. The molecule has 144 valence electrons. The molecule has 28 heavy (non-hydrogen) atoms. The van der Waals surface area contributed by atoms with E-state index in [1.807, 2.05) is 43.3 Å². The van der Waals surface area contributed by atoms with Crippen LogP contribution in [0.2, 0.25) is 0 Å². The van der Waals surface area contributed by atoms with Crippen molar-refractivity contribution in [2.24, 2.45) is 0 Å². The number of carbonyl (C=O) groups is 1. The Balaban J connectivity index is 1.72. The molecule has 3 rings (SSSR count). The fourth-order valence-electron chi connectivity index (χ4n) is 2.68. The van der Waals surface area contributed by atoms with Crippen molar-refractivity contribution in [3.05, 3.63) is 65.5 Å². The van der Waals surface area contributed by atoms with Crippen LogP contribution in [0.3, 0.4) is 0 Å². The molecule has 7 heteroatoms. The predicted octanol–water partition coefficient (Wildman–Crippen LogP) is 4.85. The lowest BCUT2D eigenvalue weighted by atomic mass is 10.2. The summed E-state index contributed by atoms with van der Waals surface area (Å²) in [4.78, 5) is 21.1. The third-order valence-corrected chi connectivity index (χ3v) is 4.12. The number of hydrogen-bond acceptors (Lipinski definition) is 5. The Morgan fingerprint density at radius 3 is 2.18 bits per heavy atom. The van der Waals surface area contributed by atoms with Crippen LogP contribution in [0.4, 0.5) is 16.2 Å². The van der Waals surface area contributed by atoms with Gasteiger partial charge in [0.15, 0.2) is 0 Å². The molecule has 3 aromatic rings. The van der Waals surface area contributed by atoms with Gasteiger partial charge in [-0.3, -0.25) is 0 Å². The maximum Gasteiger partial charge on any atom is 0.323 e. The first-order valence-electron chi connectivity index (χ1n) is 8.77. The van der Waals surface area contributed by atoms with Crippen molar-refractivity contribution in [1.82, 2.24) is 9.97 Å². The van der Waals surface area contributed by atoms with E-state index in [1.165, 1.54) is 0 Å². The van der Waals surface area contributed by atoms with Gasteiger partial charge in [0.2, 0.25) is 0 Å². The standard InChI is InChI=1S/C21H22N4O3/c1-13-12-17(27-4)10-11-18(13)24-20(26)25-19-14(2)22-21(23-15(19)3)28-16-8-6-5-7-9-16/h5-12H,1-4H3,(H2,24,25,26). The number of anilines is 2. The van der Waals surface area contributed by atoms with Gasteiger partial charge < -0.3 is 20.1 Å². The molecule has 2 N–H and O–H groups in total. The van der Waals surface area contributed by atoms with Gasteiger partial charge in [-0.15, -0.1) is 0 Å². The van der Waals surface area contributed by atoms with Crippen molar-refractivity contribution >= 4 is 17.4 Å². The minimum atomic E-state index is -0.375. The highest BCUT2D eigenvalue weighted by atomic mass is 16.5. The third kappa shape index (κ3) is 4.56. The Hall–Kier alpha value is -3.61. The molecule has 0 aliphatic rings. The van der Waals surface area contributed by atoms with Crippen LogP contribution in [-0.4, -0.2) is 23.1 Å². The molecule has 1 aromatic heterocycles. The molecular formula is C21H22N4O3. The monoisotopic (exact) mass is 378 g/mol. The number of rotatable bonds is 5. The van der Waals surface area contributed by atoms with Gasteiger partial charge in [-0.25, -0.2) is 4.79 Å². The number of benzene rings is 2. The van der Waals surface area contributed by atoms with Crippen molar-refractivity contribution in [1.29, 1.82) is 0 Å².